The number of nitrogens with one attached hydrogen (secondary N) is 1. The first-order valence-corrected chi connectivity index (χ1v) is 7.14. The first kappa shape index (κ1) is 12.7. The van der Waals surface area contributed by atoms with Crippen molar-refractivity contribution in [1.29, 1.82) is 5.26 Å². The Balaban J connectivity index is 1.61. The third kappa shape index (κ3) is 3.19. The summed E-state index contributed by atoms with van der Waals surface area (Å²) in [6.07, 6.45) is 3.16. The Kier molecular flexibility index (Phi) is 3.69. The first-order valence-electron chi connectivity index (χ1n) is 7.14. The molecule has 0 amide bonds. The lowest BCUT2D eigenvalue weighted by Crippen LogP contribution is -2.00. The van der Waals surface area contributed by atoms with Crippen LogP contribution in [-0.2, 0) is 13.0 Å². The summed E-state index contributed by atoms with van der Waals surface area (Å²) in [6.45, 7) is 0.845. The van der Waals surface area contributed by atoms with Gasteiger partial charge in [0, 0.05) is 12.2 Å². The van der Waals surface area contributed by atoms with E-state index in [1.165, 1.54) is 24.0 Å². The number of hydrogen-bond donors (Lipinski definition) is 1. The molecule has 2 aromatic carbocycles. The van der Waals surface area contributed by atoms with E-state index in [0.29, 0.717) is 6.42 Å². The van der Waals surface area contributed by atoms with E-state index in [2.05, 4.69) is 35.7 Å². The van der Waals surface area contributed by atoms with Gasteiger partial charge in [-0.3, -0.25) is 0 Å². The summed E-state index contributed by atoms with van der Waals surface area (Å²) in [4.78, 5) is 0. The molecule has 0 radical (unpaired) electrons. The molecule has 0 bridgehead atoms. The van der Waals surface area contributed by atoms with Crippen LogP contribution in [0.5, 0.6) is 0 Å². The van der Waals surface area contributed by atoms with E-state index in [4.69, 9.17) is 5.26 Å². The van der Waals surface area contributed by atoms with Crippen molar-refractivity contribution in [1.82, 2.24) is 0 Å². The van der Waals surface area contributed by atoms with Gasteiger partial charge < -0.3 is 5.32 Å². The molecule has 3 rings (SSSR count). The summed E-state index contributed by atoms with van der Waals surface area (Å²) in [7, 11) is 0. The van der Waals surface area contributed by atoms with Gasteiger partial charge >= 0.3 is 0 Å². The Bertz CT molecular complexity index is 619. The zero-order chi connectivity index (χ0) is 13.8. The van der Waals surface area contributed by atoms with Gasteiger partial charge in [-0.05, 0) is 47.6 Å². The van der Waals surface area contributed by atoms with Crippen molar-refractivity contribution >= 4 is 5.69 Å². The minimum Gasteiger partial charge on any atom is -0.381 e. The molecule has 1 fully saturated rings. The lowest BCUT2D eigenvalue weighted by Gasteiger charge is -2.08. The van der Waals surface area contributed by atoms with E-state index >= 15 is 0 Å². The molecule has 1 aliphatic rings. The van der Waals surface area contributed by atoms with Crippen LogP contribution in [0.3, 0.4) is 0 Å². The fourth-order valence-electron chi connectivity index (χ4n) is 2.41. The SMILES string of the molecule is N#CCc1ccc(NCc2cccc(C3CC3)c2)cc1. The van der Waals surface area contributed by atoms with Gasteiger partial charge in [-0.1, -0.05) is 36.4 Å². The van der Waals surface area contributed by atoms with Crippen molar-refractivity contribution in [3.05, 3.63) is 65.2 Å². The molecule has 1 saturated carbocycles. The fraction of sp³-hybridized carbons (Fsp3) is 0.278. The van der Waals surface area contributed by atoms with Gasteiger partial charge in [-0.15, -0.1) is 0 Å². The molecular weight excluding hydrogens is 244 g/mol. The van der Waals surface area contributed by atoms with Crippen LogP contribution in [0.1, 0.15) is 35.4 Å². The van der Waals surface area contributed by atoms with Crippen molar-refractivity contribution in [2.24, 2.45) is 0 Å². The predicted molar refractivity (Wildman–Crippen MR) is 81.5 cm³/mol. The monoisotopic (exact) mass is 262 g/mol. The molecule has 20 heavy (non-hydrogen) atoms. The first-order chi connectivity index (χ1) is 9.85. The minimum absolute atomic E-state index is 0.476. The van der Waals surface area contributed by atoms with Crippen LogP contribution in [-0.4, -0.2) is 0 Å². The molecule has 0 heterocycles. The fourth-order valence-corrected chi connectivity index (χ4v) is 2.41. The van der Waals surface area contributed by atoms with Gasteiger partial charge in [0.05, 0.1) is 12.5 Å². The van der Waals surface area contributed by atoms with E-state index in [-0.39, 0.29) is 0 Å². The maximum absolute atomic E-state index is 8.65. The van der Waals surface area contributed by atoms with Gasteiger partial charge in [0.1, 0.15) is 0 Å². The average molecular weight is 262 g/mol. The Hall–Kier alpha value is -2.27. The van der Waals surface area contributed by atoms with Crippen molar-refractivity contribution in [2.45, 2.75) is 31.7 Å². The number of benzene rings is 2. The van der Waals surface area contributed by atoms with Gasteiger partial charge in [-0.2, -0.15) is 5.26 Å². The molecule has 2 nitrogen and oxygen atoms in total. The van der Waals surface area contributed by atoms with Crippen molar-refractivity contribution in [2.75, 3.05) is 5.32 Å². The highest BCUT2D eigenvalue weighted by Crippen LogP contribution is 2.40. The highest BCUT2D eigenvalue weighted by atomic mass is 14.9. The maximum Gasteiger partial charge on any atom is 0.0669 e. The molecule has 1 aliphatic carbocycles. The maximum atomic E-state index is 8.65. The lowest BCUT2D eigenvalue weighted by atomic mass is 10.1. The van der Waals surface area contributed by atoms with Gasteiger partial charge in [0.2, 0.25) is 0 Å². The van der Waals surface area contributed by atoms with Crippen LogP contribution < -0.4 is 5.32 Å². The van der Waals surface area contributed by atoms with Crippen LogP contribution in [0.25, 0.3) is 0 Å². The van der Waals surface area contributed by atoms with Gasteiger partial charge in [0.25, 0.3) is 0 Å². The molecule has 2 heteroatoms. The number of rotatable bonds is 5. The second-order valence-electron chi connectivity index (χ2n) is 5.40. The van der Waals surface area contributed by atoms with E-state index in [1.54, 1.807) is 0 Å². The Morgan fingerprint density at radius 2 is 1.85 bits per heavy atom. The summed E-state index contributed by atoms with van der Waals surface area (Å²) in [5, 5.41) is 12.1. The third-order valence-corrected chi connectivity index (χ3v) is 3.73. The van der Waals surface area contributed by atoms with Crippen LogP contribution in [0.2, 0.25) is 0 Å². The second kappa shape index (κ2) is 5.79. The summed E-state index contributed by atoms with van der Waals surface area (Å²) in [5.41, 5.74) is 4.97. The molecule has 100 valence electrons. The average Bonchev–Trinajstić information content (AvgIpc) is 3.32. The van der Waals surface area contributed by atoms with E-state index in [0.717, 1.165) is 23.7 Å². The lowest BCUT2D eigenvalue weighted by molar-refractivity contribution is 1.08. The molecule has 0 atom stereocenters. The third-order valence-electron chi connectivity index (χ3n) is 3.73. The number of hydrogen-bond acceptors (Lipinski definition) is 2. The normalized spacial score (nSPS) is 13.8. The number of anilines is 1. The quantitative estimate of drug-likeness (QED) is 0.874. The van der Waals surface area contributed by atoms with Crippen LogP contribution >= 0.6 is 0 Å². The van der Waals surface area contributed by atoms with Crippen LogP contribution in [0, 0.1) is 11.3 Å². The van der Waals surface area contributed by atoms with E-state index < -0.39 is 0 Å². The summed E-state index contributed by atoms with van der Waals surface area (Å²) < 4.78 is 0. The minimum atomic E-state index is 0.476. The molecule has 0 aromatic heterocycles. The highest BCUT2D eigenvalue weighted by Gasteiger charge is 2.23. The van der Waals surface area contributed by atoms with Crippen molar-refractivity contribution in [3.8, 4) is 6.07 Å². The Labute approximate surface area is 120 Å². The summed E-state index contributed by atoms with van der Waals surface area (Å²) in [5.74, 6) is 0.806. The van der Waals surface area contributed by atoms with Crippen LogP contribution in [0.15, 0.2) is 48.5 Å². The molecular formula is C18H18N2. The largest absolute Gasteiger partial charge is 0.381 e. The van der Waals surface area contributed by atoms with E-state index in [1.807, 2.05) is 24.3 Å². The Morgan fingerprint density at radius 1 is 1.05 bits per heavy atom. The summed E-state index contributed by atoms with van der Waals surface area (Å²) >= 11 is 0. The topological polar surface area (TPSA) is 35.8 Å². The van der Waals surface area contributed by atoms with Gasteiger partial charge in [0.15, 0.2) is 0 Å². The highest BCUT2D eigenvalue weighted by molar-refractivity contribution is 5.45. The summed E-state index contributed by atoms with van der Waals surface area (Å²) in [6, 6.07) is 19.1. The molecule has 0 unspecified atom stereocenters. The predicted octanol–water partition coefficient (Wildman–Crippen LogP) is 4.24. The van der Waals surface area contributed by atoms with E-state index in [9.17, 15) is 0 Å². The Morgan fingerprint density at radius 3 is 2.55 bits per heavy atom. The smallest absolute Gasteiger partial charge is 0.0669 e. The molecule has 0 aliphatic heterocycles. The van der Waals surface area contributed by atoms with Crippen molar-refractivity contribution < 1.29 is 0 Å². The number of nitriles is 1. The zero-order valence-electron chi connectivity index (χ0n) is 11.5. The number of nitrogens with zero attached hydrogens (tertiary/aromatic N) is 1. The van der Waals surface area contributed by atoms with Crippen molar-refractivity contribution in [3.63, 3.8) is 0 Å². The molecule has 0 spiro atoms. The molecule has 0 saturated heterocycles. The zero-order valence-corrected chi connectivity index (χ0v) is 11.5. The van der Waals surface area contributed by atoms with Gasteiger partial charge in [-0.25, -0.2) is 0 Å². The molecule has 2 aromatic rings. The van der Waals surface area contributed by atoms with Crippen LogP contribution in [0.4, 0.5) is 5.69 Å². The second-order valence-corrected chi connectivity index (χ2v) is 5.40. The molecule has 1 N–H and O–H groups in total. The standard InChI is InChI=1S/C18H18N2/c19-11-10-14-4-8-18(9-5-14)20-13-15-2-1-3-17(12-15)16-6-7-16/h1-5,8-9,12,16,20H,6-7,10,13H2.